The number of rotatable bonds is 3. The van der Waals surface area contributed by atoms with E-state index >= 15 is 0 Å². The second kappa shape index (κ2) is 5.48. The van der Waals surface area contributed by atoms with E-state index in [9.17, 15) is 14.4 Å². The third kappa shape index (κ3) is 1.92. The van der Waals surface area contributed by atoms with Gasteiger partial charge < -0.3 is 0 Å². The molecule has 1 aliphatic rings. The molecule has 0 saturated carbocycles. The van der Waals surface area contributed by atoms with E-state index in [1.165, 1.54) is 13.1 Å². The van der Waals surface area contributed by atoms with Gasteiger partial charge in [-0.15, -0.1) is 0 Å². The maximum absolute atomic E-state index is 13.2. The molecule has 2 aromatic heterocycles. The number of aromatic nitrogens is 4. The second-order valence-electron chi connectivity index (χ2n) is 5.96. The molecule has 8 nitrogen and oxygen atoms in total. The Bertz CT molecular complexity index is 1160. The molecule has 1 unspecified atom stereocenters. The number of pyridine rings is 1. The molecule has 1 atom stereocenters. The van der Waals surface area contributed by atoms with E-state index in [-0.39, 0.29) is 11.5 Å². The van der Waals surface area contributed by atoms with Crippen molar-refractivity contribution >= 4 is 11.6 Å². The minimum atomic E-state index is -1.69. The van der Waals surface area contributed by atoms with Gasteiger partial charge in [0.05, 0.1) is 11.4 Å². The van der Waals surface area contributed by atoms with Crippen molar-refractivity contribution in [1.29, 1.82) is 0 Å². The first-order valence-electron chi connectivity index (χ1n) is 8.01. The Morgan fingerprint density at radius 3 is 2.31 bits per heavy atom. The minimum Gasteiger partial charge on any atom is -0.295 e. The fourth-order valence-electron chi connectivity index (χ4n) is 3.28. The average Bonchev–Trinajstić information content (AvgIpc) is 3.11. The van der Waals surface area contributed by atoms with Crippen LogP contribution in [0.25, 0.3) is 5.69 Å². The number of nitrogens with zero attached hydrogens (tertiary/aromatic N) is 5. The number of hydrogen-bond donors (Lipinski definition) is 0. The summed E-state index contributed by atoms with van der Waals surface area (Å²) in [6, 6.07) is 13.6. The second-order valence-corrected chi connectivity index (χ2v) is 5.96. The van der Waals surface area contributed by atoms with Crippen LogP contribution in [0.4, 0.5) is 0 Å². The molecule has 0 spiro atoms. The summed E-state index contributed by atoms with van der Waals surface area (Å²) in [7, 11) is 0. The summed E-state index contributed by atoms with van der Waals surface area (Å²) in [5.74, 6) is -0.156. The summed E-state index contributed by atoms with van der Waals surface area (Å²) < 4.78 is 3.24. The van der Waals surface area contributed by atoms with Gasteiger partial charge in [0.2, 0.25) is 0 Å². The van der Waals surface area contributed by atoms with E-state index in [1.807, 2.05) is 0 Å². The molecule has 0 amide bonds. The van der Waals surface area contributed by atoms with Gasteiger partial charge in [0.1, 0.15) is 5.84 Å². The van der Waals surface area contributed by atoms with Crippen molar-refractivity contribution in [3.63, 3.8) is 0 Å². The maximum Gasteiger partial charge on any atom is 0.357 e. The summed E-state index contributed by atoms with van der Waals surface area (Å²) in [5.41, 5.74) is -2.22. The van der Waals surface area contributed by atoms with Crippen molar-refractivity contribution in [2.45, 2.75) is 19.5 Å². The van der Waals surface area contributed by atoms with Crippen LogP contribution in [0.1, 0.15) is 19.5 Å². The van der Waals surface area contributed by atoms with Crippen molar-refractivity contribution in [3.05, 3.63) is 81.4 Å². The van der Waals surface area contributed by atoms with Crippen LogP contribution < -0.4 is 11.4 Å². The van der Waals surface area contributed by atoms with Gasteiger partial charge in [-0.05, 0) is 38.1 Å². The standard InChI is InChI=1S/C18H15N5O3/c1-12(24)18(15-10-6-7-11-19-15)20-13(2)22-16(25)21(17(26)23(18)22)14-8-4-3-5-9-14/h3-11H,1-2H3. The summed E-state index contributed by atoms with van der Waals surface area (Å²) in [6.07, 6.45) is 1.52. The summed E-state index contributed by atoms with van der Waals surface area (Å²) >= 11 is 0. The molecular formula is C18H15N5O3. The monoisotopic (exact) mass is 349 g/mol. The van der Waals surface area contributed by atoms with E-state index in [2.05, 4.69) is 9.98 Å². The number of carbonyl (C=O) groups excluding carboxylic acids is 1. The number of carbonyl (C=O) groups is 1. The largest absolute Gasteiger partial charge is 0.357 e. The Labute approximate surface area is 147 Å². The van der Waals surface area contributed by atoms with Gasteiger partial charge in [-0.3, -0.25) is 9.78 Å². The van der Waals surface area contributed by atoms with Gasteiger partial charge in [0, 0.05) is 6.20 Å². The Balaban J connectivity index is 2.12. The van der Waals surface area contributed by atoms with Crippen molar-refractivity contribution in [3.8, 4) is 5.69 Å². The smallest absolute Gasteiger partial charge is 0.295 e. The lowest BCUT2D eigenvalue weighted by atomic mass is 10.0. The van der Waals surface area contributed by atoms with Crippen LogP contribution in [-0.4, -0.2) is 30.5 Å². The lowest BCUT2D eigenvalue weighted by Crippen LogP contribution is -2.46. The zero-order valence-electron chi connectivity index (χ0n) is 14.2. The highest BCUT2D eigenvalue weighted by molar-refractivity contribution is 5.94. The Kier molecular flexibility index (Phi) is 3.36. The quantitative estimate of drug-likeness (QED) is 0.698. The Hall–Kier alpha value is -3.55. The zero-order valence-corrected chi connectivity index (χ0v) is 14.2. The van der Waals surface area contributed by atoms with Crippen molar-refractivity contribution in [2.75, 3.05) is 0 Å². The fraction of sp³-hybridized carbons (Fsp3) is 0.167. The van der Waals surface area contributed by atoms with E-state index in [4.69, 9.17) is 0 Å². The lowest BCUT2D eigenvalue weighted by Gasteiger charge is -2.23. The predicted molar refractivity (Wildman–Crippen MR) is 94.8 cm³/mol. The van der Waals surface area contributed by atoms with Gasteiger partial charge in [-0.2, -0.15) is 9.36 Å². The molecule has 0 fully saturated rings. The molecule has 8 heteroatoms. The number of Topliss-reactive ketones (excluding diaryl/α,β-unsaturated/α-hetero) is 1. The summed E-state index contributed by atoms with van der Waals surface area (Å²) in [4.78, 5) is 47.4. The highest BCUT2D eigenvalue weighted by atomic mass is 16.2. The first-order valence-corrected chi connectivity index (χ1v) is 8.01. The van der Waals surface area contributed by atoms with E-state index in [0.29, 0.717) is 5.69 Å². The summed E-state index contributed by atoms with van der Waals surface area (Å²) in [5, 5.41) is 0. The molecule has 0 saturated heterocycles. The Morgan fingerprint density at radius 2 is 1.69 bits per heavy atom. The zero-order chi connectivity index (χ0) is 18.5. The molecule has 0 N–H and O–H groups in total. The normalized spacial score (nSPS) is 18.5. The number of hydrogen-bond acceptors (Lipinski definition) is 5. The molecule has 4 rings (SSSR count). The number of fused-ring (bicyclic) bond motifs is 1. The van der Waals surface area contributed by atoms with Crippen LogP contribution in [-0.2, 0) is 10.5 Å². The van der Waals surface area contributed by atoms with Crippen LogP contribution in [0.3, 0.4) is 0 Å². The number of para-hydroxylation sites is 1. The number of ketones is 1. The van der Waals surface area contributed by atoms with Gasteiger partial charge in [-0.25, -0.2) is 19.1 Å². The van der Waals surface area contributed by atoms with Crippen molar-refractivity contribution in [1.82, 2.24) is 18.9 Å². The summed E-state index contributed by atoms with van der Waals surface area (Å²) in [6.45, 7) is 2.91. The lowest BCUT2D eigenvalue weighted by molar-refractivity contribution is -0.123. The van der Waals surface area contributed by atoms with Crippen molar-refractivity contribution < 1.29 is 4.79 Å². The SMILES string of the molecule is CC(=O)C1(c2ccccn2)N=C(C)n2c(=O)n(-c3ccccc3)c(=O)n21. The van der Waals surface area contributed by atoms with E-state index in [1.54, 1.807) is 55.5 Å². The molecule has 26 heavy (non-hydrogen) atoms. The van der Waals surface area contributed by atoms with E-state index in [0.717, 1.165) is 13.9 Å². The molecule has 0 bridgehead atoms. The molecule has 0 aliphatic carbocycles. The maximum atomic E-state index is 13.2. The molecule has 3 heterocycles. The Morgan fingerprint density at radius 1 is 1.00 bits per heavy atom. The minimum absolute atomic E-state index is 0.252. The van der Waals surface area contributed by atoms with Gasteiger partial charge in [0.25, 0.3) is 5.66 Å². The first kappa shape index (κ1) is 15.9. The molecule has 1 aliphatic heterocycles. The van der Waals surface area contributed by atoms with Gasteiger partial charge >= 0.3 is 11.4 Å². The molecular weight excluding hydrogens is 334 g/mol. The third-order valence-corrected chi connectivity index (χ3v) is 4.41. The number of benzene rings is 1. The van der Waals surface area contributed by atoms with Crippen LogP contribution >= 0.6 is 0 Å². The molecule has 0 radical (unpaired) electrons. The van der Waals surface area contributed by atoms with Gasteiger partial charge in [0.15, 0.2) is 5.78 Å². The topological polar surface area (TPSA) is 91.2 Å². The van der Waals surface area contributed by atoms with Crippen LogP contribution in [0.15, 0.2) is 69.3 Å². The average molecular weight is 349 g/mol. The third-order valence-electron chi connectivity index (χ3n) is 4.41. The van der Waals surface area contributed by atoms with Gasteiger partial charge in [-0.1, -0.05) is 24.3 Å². The van der Waals surface area contributed by atoms with Crippen molar-refractivity contribution in [2.24, 2.45) is 4.99 Å². The molecule has 3 aromatic rings. The fourth-order valence-corrected chi connectivity index (χ4v) is 3.28. The predicted octanol–water partition coefficient (Wildman–Crippen LogP) is 0.766. The van der Waals surface area contributed by atoms with E-state index < -0.39 is 22.8 Å². The highest BCUT2D eigenvalue weighted by Gasteiger charge is 2.49. The molecule has 130 valence electrons. The number of aliphatic imine (C=N–C) groups is 1. The molecule has 1 aromatic carbocycles. The van der Waals surface area contributed by atoms with Crippen LogP contribution in [0.2, 0.25) is 0 Å². The first-order chi connectivity index (χ1) is 12.5. The van der Waals surface area contributed by atoms with Crippen LogP contribution in [0.5, 0.6) is 0 Å². The highest BCUT2D eigenvalue weighted by Crippen LogP contribution is 2.30. The van der Waals surface area contributed by atoms with Crippen LogP contribution in [0, 0.1) is 0 Å².